The maximum atomic E-state index is 13.4. The monoisotopic (exact) mass is 354 g/mol. The molecule has 136 valence electrons. The molecule has 2 aromatic carbocycles. The van der Waals surface area contributed by atoms with Gasteiger partial charge in [-0.2, -0.15) is 5.10 Å². The second-order valence-electron chi connectivity index (χ2n) is 7.09. The van der Waals surface area contributed by atoms with E-state index in [1.165, 1.54) is 23.3 Å². The molecular formula is C20H23FN4O. The van der Waals surface area contributed by atoms with Crippen LogP contribution in [0.5, 0.6) is 5.75 Å². The third-order valence-electron chi connectivity index (χ3n) is 5.58. The predicted molar refractivity (Wildman–Crippen MR) is 99.5 cm³/mol. The Morgan fingerprint density at radius 2 is 1.92 bits per heavy atom. The van der Waals surface area contributed by atoms with E-state index in [1.807, 2.05) is 12.1 Å². The Morgan fingerprint density at radius 1 is 1.19 bits per heavy atom. The first kappa shape index (κ1) is 16.8. The molecule has 0 saturated carbocycles. The molecule has 0 bridgehead atoms. The van der Waals surface area contributed by atoms with E-state index in [9.17, 15) is 4.39 Å². The van der Waals surface area contributed by atoms with Crippen LogP contribution < -0.4 is 16.3 Å². The minimum atomic E-state index is -0.251. The van der Waals surface area contributed by atoms with E-state index in [-0.39, 0.29) is 23.7 Å². The molecule has 4 N–H and O–H groups in total. The van der Waals surface area contributed by atoms with Crippen LogP contribution in [0, 0.1) is 11.7 Å². The van der Waals surface area contributed by atoms with Crippen molar-refractivity contribution < 1.29 is 9.13 Å². The van der Waals surface area contributed by atoms with Crippen LogP contribution >= 0.6 is 0 Å². The van der Waals surface area contributed by atoms with Crippen LogP contribution in [0.2, 0.25) is 0 Å². The number of hydrogen-bond acceptors (Lipinski definition) is 4. The summed E-state index contributed by atoms with van der Waals surface area (Å²) in [4.78, 5) is 2.23. The molecule has 0 spiro atoms. The topological polar surface area (TPSA) is 76.9 Å². The number of hydrazone groups is 1. The zero-order valence-corrected chi connectivity index (χ0v) is 14.7. The van der Waals surface area contributed by atoms with Crippen LogP contribution in [-0.4, -0.2) is 30.9 Å². The number of nitrogens with two attached hydrogens (primary N) is 2. The van der Waals surface area contributed by atoms with Gasteiger partial charge in [0.05, 0.1) is 6.61 Å². The van der Waals surface area contributed by atoms with Gasteiger partial charge in [0.1, 0.15) is 17.4 Å². The zero-order chi connectivity index (χ0) is 18.3. The molecule has 2 heterocycles. The van der Waals surface area contributed by atoms with Gasteiger partial charge in [-0.05, 0) is 41.9 Å². The number of ether oxygens (including phenoxy) is 1. The molecule has 3 atom stereocenters. The highest BCUT2D eigenvalue weighted by molar-refractivity contribution is 5.85. The van der Waals surface area contributed by atoms with Crippen LogP contribution in [0.25, 0.3) is 0 Å². The van der Waals surface area contributed by atoms with E-state index < -0.39 is 0 Å². The summed E-state index contributed by atoms with van der Waals surface area (Å²) >= 11 is 0. The van der Waals surface area contributed by atoms with Crippen molar-refractivity contribution in [2.45, 2.75) is 18.4 Å². The molecule has 1 fully saturated rings. The fraction of sp³-hybridized carbons (Fsp3) is 0.350. The molecule has 5 nitrogen and oxygen atoms in total. The van der Waals surface area contributed by atoms with Crippen molar-refractivity contribution in [1.82, 2.24) is 4.90 Å². The third-order valence-corrected chi connectivity index (χ3v) is 5.58. The van der Waals surface area contributed by atoms with Crippen LogP contribution in [0.1, 0.15) is 28.7 Å². The number of halogens is 1. The summed E-state index contributed by atoms with van der Waals surface area (Å²) < 4.78 is 19.1. The molecule has 0 radical (unpaired) electrons. The summed E-state index contributed by atoms with van der Waals surface area (Å²) in [6.07, 6.45) is 0.953. The van der Waals surface area contributed by atoms with Crippen LogP contribution in [0.4, 0.5) is 4.39 Å². The molecule has 1 saturated heterocycles. The Morgan fingerprint density at radius 3 is 2.65 bits per heavy atom. The van der Waals surface area contributed by atoms with Crippen molar-refractivity contribution in [3.63, 3.8) is 0 Å². The number of hydrogen-bond donors (Lipinski definition) is 2. The highest BCUT2D eigenvalue weighted by Gasteiger charge is 2.44. The number of likely N-dealkylation sites (tertiary alicyclic amines) is 1. The van der Waals surface area contributed by atoms with Gasteiger partial charge in [0.15, 0.2) is 0 Å². The van der Waals surface area contributed by atoms with Crippen LogP contribution in [0.15, 0.2) is 47.6 Å². The fourth-order valence-electron chi connectivity index (χ4n) is 4.33. The average Bonchev–Trinajstić information content (AvgIpc) is 3.25. The average molecular weight is 354 g/mol. The van der Waals surface area contributed by atoms with E-state index in [0.717, 1.165) is 30.9 Å². The second-order valence-corrected chi connectivity index (χ2v) is 7.09. The Hall–Kier alpha value is -2.60. The molecule has 6 heteroatoms. The summed E-state index contributed by atoms with van der Waals surface area (Å²) in [6.45, 7) is 1.54. The smallest absolute Gasteiger partial charge is 0.125 e. The van der Waals surface area contributed by atoms with Gasteiger partial charge in [-0.3, -0.25) is 4.90 Å². The molecule has 3 unspecified atom stereocenters. The summed E-state index contributed by atoms with van der Waals surface area (Å²) in [5.41, 5.74) is 9.64. The summed E-state index contributed by atoms with van der Waals surface area (Å²) in [5.74, 6) is 6.72. The highest BCUT2D eigenvalue weighted by atomic mass is 19.1. The number of rotatable bonds is 3. The lowest BCUT2D eigenvalue weighted by Crippen LogP contribution is -2.33. The van der Waals surface area contributed by atoms with Crippen LogP contribution in [0.3, 0.4) is 0 Å². The van der Waals surface area contributed by atoms with Gasteiger partial charge >= 0.3 is 0 Å². The van der Waals surface area contributed by atoms with Crippen LogP contribution in [-0.2, 0) is 6.42 Å². The molecule has 2 aliphatic rings. The standard InChI is InChI=1S/C20H23FN4O/c1-25-11-16(14-3-2-12-8-9-26-17(12)10-14)18(20(22)24-23)19(25)13-4-6-15(21)7-5-13/h2-7,10,16,18-19H,8-9,11,23H2,1H3,(H2,22,24). The Labute approximate surface area is 152 Å². The number of amidine groups is 1. The lowest BCUT2D eigenvalue weighted by molar-refractivity contribution is 0.301. The Kier molecular flexibility index (Phi) is 4.28. The Bertz CT molecular complexity index is 836. The van der Waals surface area contributed by atoms with E-state index in [1.54, 1.807) is 0 Å². The van der Waals surface area contributed by atoms with Crippen molar-refractivity contribution >= 4 is 5.84 Å². The number of benzene rings is 2. The fourth-order valence-corrected chi connectivity index (χ4v) is 4.33. The number of nitrogens with zero attached hydrogens (tertiary/aromatic N) is 2. The van der Waals surface area contributed by atoms with E-state index in [4.69, 9.17) is 16.3 Å². The summed E-state index contributed by atoms with van der Waals surface area (Å²) in [7, 11) is 2.05. The SMILES string of the molecule is CN1CC(c2ccc3c(c2)OCC3)C(/C(N)=N/N)C1c1ccc(F)cc1. The van der Waals surface area contributed by atoms with Crippen molar-refractivity contribution in [2.75, 3.05) is 20.2 Å². The summed E-state index contributed by atoms with van der Waals surface area (Å²) in [6, 6.07) is 13.0. The first-order chi connectivity index (χ1) is 12.6. The second kappa shape index (κ2) is 6.61. The van der Waals surface area contributed by atoms with E-state index in [2.05, 4.69) is 35.2 Å². The maximum absolute atomic E-state index is 13.4. The zero-order valence-electron chi connectivity index (χ0n) is 14.7. The molecule has 0 amide bonds. The third kappa shape index (κ3) is 2.80. The molecule has 0 aromatic heterocycles. The molecule has 0 aliphatic carbocycles. The van der Waals surface area contributed by atoms with Gasteiger partial charge < -0.3 is 16.3 Å². The van der Waals surface area contributed by atoms with E-state index >= 15 is 0 Å². The van der Waals surface area contributed by atoms with Crippen molar-refractivity contribution in [2.24, 2.45) is 22.6 Å². The van der Waals surface area contributed by atoms with Crippen molar-refractivity contribution in [3.05, 3.63) is 65.0 Å². The quantitative estimate of drug-likeness (QED) is 0.384. The van der Waals surface area contributed by atoms with Gasteiger partial charge in [0.25, 0.3) is 0 Å². The molecule has 4 rings (SSSR count). The molecular weight excluding hydrogens is 331 g/mol. The van der Waals surface area contributed by atoms with Gasteiger partial charge in [0, 0.05) is 30.8 Å². The molecule has 26 heavy (non-hydrogen) atoms. The molecule has 2 aromatic rings. The minimum absolute atomic E-state index is 0.0120. The predicted octanol–water partition coefficient (Wildman–Crippen LogP) is 2.38. The van der Waals surface area contributed by atoms with E-state index in [0.29, 0.717) is 5.84 Å². The van der Waals surface area contributed by atoms with Crippen molar-refractivity contribution in [1.29, 1.82) is 0 Å². The lowest BCUT2D eigenvalue weighted by atomic mass is 9.81. The maximum Gasteiger partial charge on any atom is 0.125 e. The Balaban J connectivity index is 1.74. The van der Waals surface area contributed by atoms with Gasteiger partial charge in [0.2, 0.25) is 0 Å². The largest absolute Gasteiger partial charge is 0.493 e. The number of likely N-dealkylation sites (N-methyl/N-ethyl adjacent to an activating group) is 1. The first-order valence-corrected chi connectivity index (χ1v) is 8.83. The van der Waals surface area contributed by atoms with Gasteiger partial charge in [-0.25, -0.2) is 4.39 Å². The van der Waals surface area contributed by atoms with Gasteiger partial charge in [-0.15, -0.1) is 0 Å². The summed E-state index contributed by atoms with van der Waals surface area (Å²) in [5, 5.41) is 3.81. The number of fused-ring (bicyclic) bond motifs is 1. The minimum Gasteiger partial charge on any atom is -0.493 e. The molecule has 2 aliphatic heterocycles. The lowest BCUT2D eigenvalue weighted by Gasteiger charge is -2.26. The highest BCUT2D eigenvalue weighted by Crippen LogP contribution is 2.46. The first-order valence-electron chi connectivity index (χ1n) is 8.83. The van der Waals surface area contributed by atoms with Gasteiger partial charge in [-0.1, -0.05) is 24.3 Å². The van der Waals surface area contributed by atoms with Crippen molar-refractivity contribution in [3.8, 4) is 5.75 Å². The normalized spacial score (nSPS) is 25.9.